The number of fused-ring (bicyclic) bond motifs is 2. The second-order valence-corrected chi connectivity index (χ2v) is 7.80. The highest BCUT2D eigenvalue weighted by Gasteiger charge is 2.34. The van der Waals surface area contributed by atoms with Gasteiger partial charge in [-0.15, -0.1) is 0 Å². The van der Waals surface area contributed by atoms with Crippen LogP contribution >= 0.6 is 15.9 Å². The van der Waals surface area contributed by atoms with Crippen molar-refractivity contribution in [2.75, 3.05) is 11.4 Å². The molecule has 2 atom stereocenters. The van der Waals surface area contributed by atoms with Gasteiger partial charge in [0.1, 0.15) is 6.54 Å². The zero-order chi connectivity index (χ0) is 19.1. The van der Waals surface area contributed by atoms with E-state index in [9.17, 15) is 4.79 Å². The molecule has 5 nitrogen and oxygen atoms in total. The minimum Gasteiger partial charge on any atom is -0.346 e. The number of hydrogen-bond donors (Lipinski definition) is 1. The molecule has 6 heteroatoms. The third-order valence-electron chi connectivity index (χ3n) is 5.06. The maximum atomic E-state index is 12.3. The van der Waals surface area contributed by atoms with Crippen LogP contribution in [-0.4, -0.2) is 34.5 Å². The molecule has 2 aromatic carbocycles. The Balaban J connectivity index is 1.70. The van der Waals surface area contributed by atoms with E-state index in [0.29, 0.717) is 5.95 Å². The Morgan fingerprint density at radius 1 is 1.04 bits per heavy atom. The van der Waals surface area contributed by atoms with Crippen molar-refractivity contribution in [3.8, 4) is 11.3 Å². The summed E-state index contributed by atoms with van der Waals surface area (Å²) in [4.78, 5) is 24.0. The highest BCUT2D eigenvalue weighted by Crippen LogP contribution is 2.31. The van der Waals surface area contributed by atoms with E-state index in [1.807, 2.05) is 71.7 Å². The molecular weight excluding hydrogens is 416 g/mol. The lowest BCUT2D eigenvalue weighted by Gasteiger charge is -2.39. The molecule has 5 rings (SSSR count). The second-order valence-electron chi connectivity index (χ2n) is 6.88. The van der Waals surface area contributed by atoms with E-state index in [4.69, 9.17) is 9.97 Å². The molecule has 28 heavy (non-hydrogen) atoms. The van der Waals surface area contributed by atoms with Gasteiger partial charge in [0.05, 0.1) is 23.3 Å². The van der Waals surface area contributed by atoms with Gasteiger partial charge in [-0.2, -0.15) is 0 Å². The van der Waals surface area contributed by atoms with Crippen LogP contribution in [0.5, 0.6) is 0 Å². The third kappa shape index (κ3) is 2.99. The first kappa shape index (κ1) is 17.1. The summed E-state index contributed by atoms with van der Waals surface area (Å²) in [5.74, 6) is 0.542. The SMILES string of the molecule is O=C1CN(c2nc(-c3ccccc3)c3cc(Br)ccc3n2)C2C=CC=CC2N1. The number of nitrogens with one attached hydrogen (secondary N) is 1. The maximum absolute atomic E-state index is 12.3. The molecule has 1 aliphatic carbocycles. The van der Waals surface area contributed by atoms with E-state index in [2.05, 4.69) is 27.3 Å². The summed E-state index contributed by atoms with van der Waals surface area (Å²) in [6.07, 6.45) is 8.05. The summed E-state index contributed by atoms with van der Waals surface area (Å²) in [6.45, 7) is 0.232. The zero-order valence-corrected chi connectivity index (χ0v) is 16.5. The fraction of sp³-hybridized carbons (Fsp3) is 0.136. The minimum atomic E-state index is -0.0735. The standard InChI is InChI=1S/C22H17BrN4O/c23-15-10-11-17-16(12-15)21(14-6-2-1-3-7-14)26-22(25-17)27-13-20(28)24-18-8-4-5-9-19(18)27/h1-12,18-19H,13H2,(H,24,28). The molecule has 1 aliphatic heterocycles. The number of anilines is 1. The Morgan fingerprint density at radius 2 is 1.86 bits per heavy atom. The summed E-state index contributed by atoms with van der Waals surface area (Å²) in [7, 11) is 0. The Morgan fingerprint density at radius 3 is 2.71 bits per heavy atom. The summed E-state index contributed by atoms with van der Waals surface area (Å²) < 4.78 is 0.978. The fourth-order valence-electron chi connectivity index (χ4n) is 3.76. The van der Waals surface area contributed by atoms with Crippen molar-refractivity contribution >= 4 is 38.7 Å². The molecule has 1 N–H and O–H groups in total. The highest BCUT2D eigenvalue weighted by atomic mass is 79.9. The number of halogens is 1. The number of carbonyl (C=O) groups excluding carboxylic acids is 1. The van der Waals surface area contributed by atoms with Crippen molar-refractivity contribution < 1.29 is 4.79 Å². The van der Waals surface area contributed by atoms with Crippen molar-refractivity contribution in [2.45, 2.75) is 12.1 Å². The number of rotatable bonds is 2. The molecule has 1 aromatic heterocycles. The molecule has 1 fully saturated rings. The van der Waals surface area contributed by atoms with Gasteiger partial charge in [0.2, 0.25) is 11.9 Å². The topological polar surface area (TPSA) is 58.1 Å². The molecule has 1 amide bonds. The van der Waals surface area contributed by atoms with E-state index in [0.717, 1.165) is 26.6 Å². The molecule has 2 unspecified atom stereocenters. The van der Waals surface area contributed by atoms with Crippen LogP contribution in [0.15, 0.2) is 77.3 Å². The predicted molar refractivity (Wildman–Crippen MR) is 114 cm³/mol. The summed E-state index contributed by atoms with van der Waals surface area (Å²) in [5.41, 5.74) is 2.73. The summed E-state index contributed by atoms with van der Waals surface area (Å²) in [6, 6.07) is 16.0. The molecule has 3 aromatic rings. The average Bonchev–Trinajstić information content (AvgIpc) is 2.73. The van der Waals surface area contributed by atoms with Crippen LogP contribution < -0.4 is 10.2 Å². The van der Waals surface area contributed by atoms with Gasteiger partial charge in [0.15, 0.2) is 0 Å². The Labute approximate surface area is 170 Å². The van der Waals surface area contributed by atoms with Gasteiger partial charge in [0.25, 0.3) is 0 Å². The Hall–Kier alpha value is -2.99. The monoisotopic (exact) mass is 432 g/mol. The lowest BCUT2D eigenvalue weighted by molar-refractivity contribution is -0.121. The van der Waals surface area contributed by atoms with Gasteiger partial charge in [-0.1, -0.05) is 70.6 Å². The predicted octanol–water partition coefficient (Wildman–Crippen LogP) is 3.86. The van der Waals surface area contributed by atoms with Crippen LogP contribution in [-0.2, 0) is 4.79 Å². The molecule has 138 valence electrons. The van der Waals surface area contributed by atoms with Crippen molar-refractivity contribution in [3.63, 3.8) is 0 Å². The van der Waals surface area contributed by atoms with E-state index in [1.165, 1.54) is 0 Å². The zero-order valence-electron chi connectivity index (χ0n) is 14.9. The first-order chi connectivity index (χ1) is 13.7. The molecule has 2 aliphatic rings. The molecular formula is C22H17BrN4O. The van der Waals surface area contributed by atoms with E-state index >= 15 is 0 Å². The Kier molecular flexibility index (Phi) is 4.20. The van der Waals surface area contributed by atoms with Crippen molar-refractivity contribution in [2.24, 2.45) is 0 Å². The van der Waals surface area contributed by atoms with Crippen LogP contribution in [0, 0.1) is 0 Å². The summed E-state index contributed by atoms with van der Waals surface area (Å²) in [5, 5.41) is 4.00. The minimum absolute atomic E-state index is 0.000721. The van der Waals surface area contributed by atoms with Gasteiger partial charge in [-0.25, -0.2) is 9.97 Å². The number of amides is 1. The fourth-order valence-corrected chi connectivity index (χ4v) is 4.12. The molecule has 0 saturated carbocycles. The van der Waals surface area contributed by atoms with Crippen LogP contribution in [0.2, 0.25) is 0 Å². The number of carbonyl (C=O) groups is 1. The van der Waals surface area contributed by atoms with E-state index < -0.39 is 0 Å². The molecule has 0 radical (unpaired) electrons. The number of piperazine rings is 1. The second kappa shape index (κ2) is 6.87. The number of allylic oxidation sites excluding steroid dienone is 2. The van der Waals surface area contributed by atoms with Gasteiger partial charge in [-0.05, 0) is 18.2 Å². The molecule has 2 heterocycles. The van der Waals surface area contributed by atoms with Crippen molar-refractivity contribution in [3.05, 3.63) is 77.3 Å². The van der Waals surface area contributed by atoms with Crippen molar-refractivity contribution in [1.29, 1.82) is 0 Å². The smallest absolute Gasteiger partial charge is 0.240 e. The molecule has 0 bridgehead atoms. The van der Waals surface area contributed by atoms with Crippen LogP contribution in [0.3, 0.4) is 0 Å². The number of nitrogens with zero attached hydrogens (tertiary/aromatic N) is 3. The first-order valence-corrected chi connectivity index (χ1v) is 9.92. The Bertz CT molecular complexity index is 1130. The number of hydrogen-bond acceptors (Lipinski definition) is 4. The highest BCUT2D eigenvalue weighted by molar-refractivity contribution is 9.10. The normalized spacial score (nSPS) is 20.9. The number of benzene rings is 2. The van der Waals surface area contributed by atoms with Gasteiger partial charge in [0, 0.05) is 15.4 Å². The first-order valence-electron chi connectivity index (χ1n) is 9.13. The largest absolute Gasteiger partial charge is 0.346 e. The molecule has 1 saturated heterocycles. The van der Waals surface area contributed by atoms with E-state index in [1.54, 1.807) is 0 Å². The van der Waals surface area contributed by atoms with E-state index in [-0.39, 0.29) is 24.5 Å². The maximum Gasteiger partial charge on any atom is 0.240 e. The number of aromatic nitrogens is 2. The van der Waals surface area contributed by atoms with Crippen molar-refractivity contribution in [1.82, 2.24) is 15.3 Å². The summed E-state index contributed by atoms with van der Waals surface area (Å²) >= 11 is 3.55. The van der Waals surface area contributed by atoms with Gasteiger partial charge >= 0.3 is 0 Å². The van der Waals surface area contributed by atoms with Crippen LogP contribution in [0.4, 0.5) is 5.95 Å². The average molecular weight is 433 g/mol. The quantitative estimate of drug-likeness (QED) is 0.667. The van der Waals surface area contributed by atoms with Crippen LogP contribution in [0.1, 0.15) is 0 Å². The third-order valence-corrected chi connectivity index (χ3v) is 5.55. The van der Waals surface area contributed by atoms with Gasteiger partial charge < -0.3 is 10.2 Å². The van der Waals surface area contributed by atoms with Gasteiger partial charge in [-0.3, -0.25) is 4.79 Å². The van der Waals surface area contributed by atoms with Crippen LogP contribution in [0.25, 0.3) is 22.2 Å². The lowest BCUT2D eigenvalue weighted by atomic mass is 9.99. The molecule has 0 spiro atoms. The lowest BCUT2D eigenvalue weighted by Crippen LogP contribution is -2.60.